The predicted molar refractivity (Wildman–Crippen MR) is 127 cm³/mol. The van der Waals surface area contributed by atoms with Gasteiger partial charge in [-0.05, 0) is 24.5 Å². The summed E-state index contributed by atoms with van der Waals surface area (Å²) < 4.78 is 32.9. The van der Waals surface area contributed by atoms with Crippen molar-refractivity contribution in [2.75, 3.05) is 66.6 Å². The quantitative estimate of drug-likeness (QED) is 0.292. The maximum Gasteiger partial charge on any atom is 0.243 e. The van der Waals surface area contributed by atoms with E-state index < -0.39 is 11.6 Å². The highest BCUT2D eigenvalue weighted by Gasteiger charge is 2.46. The molecule has 1 aromatic carbocycles. The minimum Gasteiger partial charge on any atom is -0.379 e. The molecular formula is C21H32F2IN5O2. The summed E-state index contributed by atoms with van der Waals surface area (Å²) in [6.45, 7) is 5.27. The normalized spacial score (nSPS) is 18.1. The lowest BCUT2D eigenvalue weighted by Gasteiger charge is -2.27. The van der Waals surface area contributed by atoms with Crippen molar-refractivity contribution >= 4 is 35.8 Å². The number of nitrogens with one attached hydrogen (secondary N) is 2. The van der Waals surface area contributed by atoms with Crippen molar-refractivity contribution < 1.29 is 18.3 Å². The zero-order chi connectivity index (χ0) is 21.6. The van der Waals surface area contributed by atoms with Gasteiger partial charge in [-0.25, -0.2) is 13.8 Å². The summed E-state index contributed by atoms with van der Waals surface area (Å²) in [4.78, 5) is 20.1. The van der Waals surface area contributed by atoms with Crippen LogP contribution in [0.4, 0.5) is 8.78 Å². The number of carbonyl (C=O) groups excluding carboxylic acids is 1. The Bertz CT molecular complexity index is 768. The van der Waals surface area contributed by atoms with E-state index in [1.165, 1.54) is 17.0 Å². The Balaban J connectivity index is 0.00000341. The molecule has 1 saturated heterocycles. The molecule has 0 bridgehead atoms. The van der Waals surface area contributed by atoms with E-state index in [0.29, 0.717) is 24.6 Å². The summed E-state index contributed by atoms with van der Waals surface area (Å²) in [5.41, 5.74) is 0.157. The highest BCUT2D eigenvalue weighted by Crippen LogP contribution is 2.48. The fraction of sp³-hybridized carbons (Fsp3) is 0.619. The van der Waals surface area contributed by atoms with Gasteiger partial charge in [-0.1, -0.05) is 6.07 Å². The number of benzene rings is 1. The van der Waals surface area contributed by atoms with Crippen LogP contribution in [0.5, 0.6) is 0 Å². The van der Waals surface area contributed by atoms with Crippen LogP contribution in [-0.2, 0) is 14.9 Å². The van der Waals surface area contributed by atoms with Gasteiger partial charge in [0.2, 0.25) is 5.91 Å². The van der Waals surface area contributed by atoms with Gasteiger partial charge in [-0.2, -0.15) is 0 Å². The summed E-state index contributed by atoms with van der Waals surface area (Å²) >= 11 is 0. The van der Waals surface area contributed by atoms with Gasteiger partial charge >= 0.3 is 0 Å². The van der Waals surface area contributed by atoms with E-state index >= 15 is 0 Å². The summed E-state index contributed by atoms with van der Waals surface area (Å²) in [6, 6.07) is 3.75. The monoisotopic (exact) mass is 551 g/mol. The number of nitrogens with zero attached hydrogens (tertiary/aromatic N) is 3. The highest BCUT2D eigenvalue weighted by molar-refractivity contribution is 14.0. The van der Waals surface area contributed by atoms with Crippen molar-refractivity contribution in [3.8, 4) is 0 Å². The van der Waals surface area contributed by atoms with Gasteiger partial charge in [-0.15, -0.1) is 24.0 Å². The number of carbonyl (C=O) groups is 1. The highest BCUT2D eigenvalue weighted by atomic mass is 127. The Morgan fingerprint density at radius 1 is 1.23 bits per heavy atom. The van der Waals surface area contributed by atoms with Gasteiger partial charge in [-0.3, -0.25) is 9.69 Å². The van der Waals surface area contributed by atoms with Crippen molar-refractivity contribution in [1.82, 2.24) is 20.4 Å². The molecule has 31 heavy (non-hydrogen) atoms. The summed E-state index contributed by atoms with van der Waals surface area (Å²) in [5.74, 6) is -0.674. The number of aliphatic imine (C=N–C) groups is 1. The number of ether oxygens (including phenoxy) is 1. The van der Waals surface area contributed by atoms with Crippen molar-refractivity contribution in [2.45, 2.75) is 18.3 Å². The molecule has 0 unspecified atom stereocenters. The average Bonchev–Trinajstić information content (AvgIpc) is 3.50. The van der Waals surface area contributed by atoms with Crippen LogP contribution in [0.2, 0.25) is 0 Å². The first kappa shape index (κ1) is 25.7. The van der Waals surface area contributed by atoms with Gasteiger partial charge in [0.15, 0.2) is 5.96 Å². The first-order chi connectivity index (χ1) is 14.4. The molecule has 0 atom stereocenters. The summed E-state index contributed by atoms with van der Waals surface area (Å²) in [6.07, 6.45) is 1.64. The molecule has 1 amide bonds. The second-order valence-corrected chi connectivity index (χ2v) is 8.09. The van der Waals surface area contributed by atoms with E-state index in [4.69, 9.17) is 4.74 Å². The molecule has 2 N–H and O–H groups in total. The van der Waals surface area contributed by atoms with E-state index in [1.807, 2.05) is 0 Å². The Labute approximate surface area is 199 Å². The lowest BCUT2D eigenvalue weighted by Crippen LogP contribution is -2.46. The topological polar surface area (TPSA) is 69.2 Å². The fourth-order valence-electron chi connectivity index (χ4n) is 3.48. The first-order valence-electron chi connectivity index (χ1n) is 10.4. The smallest absolute Gasteiger partial charge is 0.243 e. The molecule has 2 fully saturated rings. The number of rotatable bonds is 8. The van der Waals surface area contributed by atoms with Crippen LogP contribution in [0.15, 0.2) is 23.2 Å². The molecule has 1 heterocycles. The number of likely N-dealkylation sites (N-methyl/N-ethyl adjacent to an activating group) is 1. The third-order valence-corrected chi connectivity index (χ3v) is 5.65. The van der Waals surface area contributed by atoms with Crippen molar-refractivity contribution in [3.63, 3.8) is 0 Å². The van der Waals surface area contributed by atoms with E-state index in [0.717, 1.165) is 51.8 Å². The van der Waals surface area contributed by atoms with Crippen molar-refractivity contribution in [2.24, 2.45) is 4.99 Å². The number of halogens is 3. The second kappa shape index (κ2) is 11.9. The standard InChI is InChI=1S/C21H31F2N5O2.HI/c1-27(2)19(29)14-25-20(24-7-8-28-9-11-30-12-10-28)26-15-21(5-6-21)17-4-3-16(22)13-18(17)23;/h3-4,13H,5-12,14-15H2,1-2H3,(H2,24,25,26);1H. The van der Waals surface area contributed by atoms with Gasteiger partial charge in [0.25, 0.3) is 0 Å². The van der Waals surface area contributed by atoms with Crippen LogP contribution in [0.25, 0.3) is 0 Å². The number of hydrogen-bond donors (Lipinski definition) is 2. The molecule has 1 aromatic rings. The van der Waals surface area contributed by atoms with Crippen molar-refractivity contribution in [3.05, 3.63) is 35.4 Å². The Kier molecular flexibility index (Phi) is 9.89. The number of guanidine groups is 1. The number of hydrogen-bond acceptors (Lipinski definition) is 4. The molecule has 1 aliphatic carbocycles. The molecule has 0 spiro atoms. The second-order valence-electron chi connectivity index (χ2n) is 8.09. The number of morpholine rings is 1. The van der Waals surface area contributed by atoms with E-state index in [-0.39, 0.29) is 41.8 Å². The maximum absolute atomic E-state index is 14.3. The zero-order valence-corrected chi connectivity index (χ0v) is 20.5. The Morgan fingerprint density at radius 3 is 2.55 bits per heavy atom. The van der Waals surface area contributed by atoms with Crippen LogP contribution in [0.3, 0.4) is 0 Å². The molecule has 10 heteroatoms. The minimum absolute atomic E-state index is 0. The largest absolute Gasteiger partial charge is 0.379 e. The van der Waals surface area contributed by atoms with E-state index in [9.17, 15) is 13.6 Å². The minimum atomic E-state index is -0.575. The summed E-state index contributed by atoms with van der Waals surface area (Å²) in [5, 5.41) is 6.53. The maximum atomic E-state index is 14.3. The van der Waals surface area contributed by atoms with Crippen LogP contribution in [0.1, 0.15) is 18.4 Å². The molecule has 1 saturated carbocycles. The molecule has 0 aromatic heterocycles. The molecule has 3 rings (SSSR count). The van der Waals surface area contributed by atoms with Gasteiger partial charge in [0.05, 0.1) is 13.2 Å². The molecule has 7 nitrogen and oxygen atoms in total. The van der Waals surface area contributed by atoms with Crippen LogP contribution in [0, 0.1) is 11.6 Å². The average molecular weight is 551 g/mol. The summed E-state index contributed by atoms with van der Waals surface area (Å²) in [7, 11) is 3.38. The molecule has 2 aliphatic rings. The predicted octanol–water partition coefficient (Wildman–Crippen LogP) is 1.57. The van der Waals surface area contributed by atoms with Gasteiger partial charge in [0.1, 0.15) is 18.2 Å². The molecular weight excluding hydrogens is 519 g/mol. The SMILES string of the molecule is CN(C)C(=O)CN=C(NCCN1CCOCC1)NCC1(c2ccc(F)cc2F)CC1.I. The lowest BCUT2D eigenvalue weighted by atomic mass is 9.95. The lowest BCUT2D eigenvalue weighted by molar-refractivity contribution is -0.127. The zero-order valence-electron chi connectivity index (χ0n) is 18.1. The van der Waals surface area contributed by atoms with E-state index in [2.05, 4.69) is 20.5 Å². The molecule has 0 radical (unpaired) electrons. The molecule has 1 aliphatic heterocycles. The Hall–Kier alpha value is -1.53. The third kappa shape index (κ3) is 7.53. The van der Waals surface area contributed by atoms with Crippen LogP contribution >= 0.6 is 24.0 Å². The third-order valence-electron chi connectivity index (χ3n) is 5.65. The van der Waals surface area contributed by atoms with Crippen LogP contribution in [-0.4, -0.2) is 88.2 Å². The Morgan fingerprint density at radius 2 is 1.94 bits per heavy atom. The van der Waals surface area contributed by atoms with E-state index in [1.54, 1.807) is 14.1 Å². The molecule has 174 valence electrons. The number of amides is 1. The fourth-order valence-corrected chi connectivity index (χ4v) is 3.48. The van der Waals surface area contributed by atoms with Crippen LogP contribution < -0.4 is 10.6 Å². The van der Waals surface area contributed by atoms with Gasteiger partial charge < -0.3 is 20.3 Å². The van der Waals surface area contributed by atoms with Gasteiger partial charge in [0, 0.05) is 58.3 Å². The first-order valence-corrected chi connectivity index (χ1v) is 10.4. The van der Waals surface area contributed by atoms with Crippen molar-refractivity contribution in [1.29, 1.82) is 0 Å².